The van der Waals surface area contributed by atoms with Crippen LogP contribution in [0.2, 0.25) is 0 Å². The molecule has 0 bridgehead atoms. The van der Waals surface area contributed by atoms with Gasteiger partial charge in [-0.2, -0.15) is 0 Å². The Hall–Kier alpha value is -1.59. The summed E-state index contributed by atoms with van der Waals surface area (Å²) in [6.07, 6.45) is 2.39. The van der Waals surface area contributed by atoms with E-state index < -0.39 is 0 Å². The first-order valence-electron chi connectivity index (χ1n) is 8.09. The van der Waals surface area contributed by atoms with Crippen LogP contribution in [0.15, 0.2) is 24.3 Å². The van der Waals surface area contributed by atoms with Gasteiger partial charge in [-0.3, -0.25) is 4.79 Å². The zero-order valence-electron chi connectivity index (χ0n) is 13.1. The van der Waals surface area contributed by atoms with Gasteiger partial charge in [-0.1, -0.05) is 0 Å². The Labute approximate surface area is 131 Å². The lowest BCUT2D eigenvalue weighted by atomic mass is 10.1. The molecule has 2 unspecified atom stereocenters. The van der Waals surface area contributed by atoms with Crippen molar-refractivity contribution in [2.24, 2.45) is 0 Å². The van der Waals surface area contributed by atoms with Gasteiger partial charge in [0, 0.05) is 37.8 Å². The van der Waals surface area contributed by atoms with Crippen molar-refractivity contribution in [1.82, 2.24) is 10.2 Å². The van der Waals surface area contributed by atoms with E-state index in [0.717, 1.165) is 50.4 Å². The molecule has 22 heavy (non-hydrogen) atoms. The van der Waals surface area contributed by atoms with Gasteiger partial charge in [-0.25, -0.2) is 0 Å². The summed E-state index contributed by atoms with van der Waals surface area (Å²) in [5.74, 6) is 0.889. The highest BCUT2D eigenvalue weighted by atomic mass is 16.5. The highest BCUT2D eigenvalue weighted by Crippen LogP contribution is 2.17. The first-order valence-corrected chi connectivity index (χ1v) is 8.09. The highest BCUT2D eigenvalue weighted by molar-refractivity contribution is 5.94. The van der Waals surface area contributed by atoms with Gasteiger partial charge < -0.3 is 19.7 Å². The predicted molar refractivity (Wildman–Crippen MR) is 84.3 cm³/mol. The molecular weight excluding hydrogens is 280 g/mol. The average Bonchev–Trinajstić information content (AvgIpc) is 3.06. The summed E-state index contributed by atoms with van der Waals surface area (Å²) in [7, 11) is 0. The number of rotatable bonds is 4. The summed E-state index contributed by atoms with van der Waals surface area (Å²) in [5, 5.41) is 3.35. The third-order valence-electron chi connectivity index (χ3n) is 4.22. The molecule has 0 aliphatic carbocycles. The van der Waals surface area contributed by atoms with E-state index in [2.05, 4.69) is 12.2 Å². The molecule has 120 valence electrons. The summed E-state index contributed by atoms with van der Waals surface area (Å²) < 4.78 is 11.3. The summed E-state index contributed by atoms with van der Waals surface area (Å²) in [5.41, 5.74) is 0.721. The van der Waals surface area contributed by atoms with E-state index in [9.17, 15) is 4.79 Å². The molecule has 2 heterocycles. The number of benzene rings is 1. The third kappa shape index (κ3) is 3.78. The van der Waals surface area contributed by atoms with Crippen LogP contribution in [-0.4, -0.2) is 55.8 Å². The smallest absolute Gasteiger partial charge is 0.253 e. The topological polar surface area (TPSA) is 50.8 Å². The Balaban J connectivity index is 1.54. The van der Waals surface area contributed by atoms with E-state index in [-0.39, 0.29) is 12.0 Å². The van der Waals surface area contributed by atoms with Gasteiger partial charge in [0.05, 0.1) is 6.10 Å². The van der Waals surface area contributed by atoms with Gasteiger partial charge in [0.15, 0.2) is 0 Å². The van der Waals surface area contributed by atoms with Crippen LogP contribution in [0.1, 0.15) is 30.1 Å². The van der Waals surface area contributed by atoms with Crippen molar-refractivity contribution >= 4 is 5.91 Å². The molecule has 0 saturated carbocycles. The van der Waals surface area contributed by atoms with Gasteiger partial charge >= 0.3 is 0 Å². The van der Waals surface area contributed by atoms with Gasteiger partial charge in [0.1, 0.15) is 12.4 Å². The first kappa shape index (κ1) is 15.3. The van der Waals surface area contributed by atoms with Gasteiger partial charge in [0.2, 0.25) is 0 Å². The molecule has 0 radical (unpaired) electrons. The van der Waals surface area contributed by atoms with Crippen LogP contribution in [0.4, 0.5) is 0 Å². The summed E-state index contributed by atoms with van der Waals surface area (Å²) in [4.78, 5) is 14.4. The second-order valence-corrected chi connectivity index (χ2v) is 6.08. The first-order chi connectivity index (χ1) is 10.7. The number of nitrogens with zero attached hydrogens (tertiary/aromatic N) is 1. The number of hydrogen-bond acceptors (Lipinski definition) is 4. The predicted octanol–water partition coefficient (Wildman–Crippen LogP) is 1.68. The molecule has 1 amide bonds. The summed E-state index contributed by atoms with van der Waals surface area (Å²) in [6, 6.07) is 7.79. The van der Waals surface area contributed by atoms with E-state index in [4.69, 9.17) is 9.47 Å². The number of nitrogens with one attached hydrogen (secondary N) is 1. The molecule has 2 atom stereocenters. The van der Waals surface area contributed by atoms with Crippen molar-refractivity contribution in [2.45, 2.75) is 31.9 Å². The van der Waals surface area contributed by atoms with Crippen LogP contribution in [0.3, 0.4) is 0 Å². The second kappa shape index (κ2) is 7.11. The monoisotopic (exact) mass is 304 g/mol. The molecule has 1 aromatic carbocycles. The standard InChI is InChI=1S/C17H24N2O3/c1-13-11-19(9-8-18-13)17(20)14-4-6-15(7-5-14)22-12-16-3-2-10-21-16/h4-7,13,16,18H,2-3,8-12H2,1H3. The Kier molecular flexibility index (Phi) is 4.95. The maximum Gasteiger partial charge on any atom is 0.253 e. The van der Waals surface area contributed by atoms with Crippen molar-refractivity contribution in [1.29, 1.82) is 0 Å². The fourth-order valence-electron chi connectivity index (χ4n) is 2.96. The second-order valence-electron chi connectivity index (χ2n) is 6.08. The zero-order chi connectivity index (χ0) is 15.4. The van der Waals surface area contributed by atoms with Crippen LogP contribution < -0.4 is 10.1 Å². The molecule has 1 aromatic rings. The molecule has 5 nitrogen and oxygen atoms in total. The number of piperazine rings is 1. The fraction of sp³-hybridized carbons (Fsp3) is 0.588. The molecule has 2 saturated heterocycles. The number of hydrogen-bond donors (Lipinski definition) is 1. The van der Waals surface area contributed by atoms with E-state index in [1.54, 1.807) is 0 Å². The minimum atomic E-state index is 0.0963. The highest BCUT2D eigenvalue weighted by Gasteiger charge is 2.21. The van der Waals surface area contributed by atoms with Gasteiger partial charge in [0.25, 0.3) is 5.91 Å². The minimum Gasteiger partial charge on any atom is -0.491 e. The Morgan fingerprint density at radius 2 is 2.23 bits per heavy atom. The molecule has 0 spiro atoms. The zero-order valence-corrected chi connectivity index (χ0v) is 13.1. The molecule has 3 rings (SSSR count). The van der Waals surface area contributed by atoms with Gasteiger partial charge in [-0.15, -0.1) is 0 Å². The maximum atomic E-state index is 12.5. The molecule has 2 aliphatic heterocycles. The Morgan fingerprint density at radius 3 is 2.91 bits per heavy atom. The summed E-state index contributed by atoms with van der Waals surface area (Å²) in [6.45, 7) is 5.90. The maximum absolute atomic E-state index is 12.5. The van der Waals surface area contributed by atoms with Crippen molar-refractivity contribution in [2.75, 3.05) is 32.8 Å². The third-order valence-corrected chi connectivity index (χ3v) is 4.22. The van der Waals surface area contributed by atoms with Crippen molar-refractivity contribution in [3.8, 4) is 5.75 Å². The SMILES string of the molecule is CC1CN(C(=O)c2ccc(OCC3CCCO3)cc2)CCN1. The number of carbonyl (C=O) groups is 1. The lowest BCUT2D eigenvalue weighted by Crippen LogP contribution is -2.51. The molecule has 0 aromatic heterocycles. The molecule has 1 N–H and O–H groups in total. The van der Waals surface area contributed by atoms with Crippen LogP contribution in [0.25, 0.3) is 0 Å². The normalized spacial score (nSPS) is 25.2. The molecule has 2 aliphatic rings. The lowest BCUT2D eigenvalue weighted by Gasteiger charge is -2.32. The lowest BCUT2D eigenvalue weighted by molar-refractivity contribution is 0.0677. The molecule has 2 fully saturated rings. The molecule has 5 heteroatoms. The van der Waals surface area contributed by atoms with E-state index in [0.29, 0.717) is 12.6 Å². The Bertz CT molecular complexity index is 497. The quantitative estimate of drug-likeness (QED) is 0.919. The van der Waals surface area contributed by atoms with Crippen molar-refractivity contribution < 1.29 is 14.3 Å². The largest absolute Gasteiger partial charge is 0.491 e. The minimum absolute atomic E-state index is 0.0963. The van der Waals surface area contributed by atoms with Crippen LogP contribution in [0.5, 0.6) is 5.75 Å². The van der Waals surface area contributed by atoms with E-state index >= 15 is 0 Å². The fourth-order valence-corrected chi connectivity index (χ4v) is 2.96. The van der Waals surface area contributed by atoms with E-state index in [1.165, 1.54) is 0 Å². The van der Waals surface area contributed by atoms with E-state index in [1.807, 2.05) is 29.2 Å². The van der Waals surface area contributed by atoms with Crippen LogP contribution in [-0.2, 0) is 4.74 Å². The van der Waals surface area contributed by atoms with Gasteiger partial charge in [-0.05, 0) is 44.0 Å². The number of carbonyl (C=O) groups excluding carboxylic acids is 1. The van der Waals surface area contributed by atoms with Crippen LogP contribution in [0, 0.1) is 0 Å². The van der Waals surface area contributed by atoms with Crippen molar-refractivity contribution in [3.63, 3.8) is 0 Å². The Morgan fingerprint density at radius 1 is 1.41 bits per heavy atom. The number of amides is 1. The molecular formula is C17H24N2O3. The van der Waals surface area contributed by atoms with Crippen LogP contribution >= 0.6 is 0 Å². The van der Waals surface area contributed by atoms with Crippen molar-refractivity contribution in [3.05, 3.63) is 29.8 Å². The average molecular weight is 304 g/mol. The summed E-state index contributed by atoms with van der Waals surface area (Å²) >= 11 is 0. The number of ether oxygens (including phenoxy) is 2.